The number of nitrogens with zero attached hydrogens (tertiary/aromatic N) is 1. The molecule has 1 aliphatic rings. The number of carbonyl (C=O) groups excluding carboxylic acids is 1. The number of amides is 1. The number of rotatable bonds is 6. The number of aromatic nitrogens is 1. The summed E-state index contributed by atoms with van der Waals surface area (Å²) in [5, 5.41) is 3.60. The summed E-state index contributed by atoms with van der Waals surface area (Å²) in [6.45, 7) is 3.95. The molecule has 4 heteroatoms. The minimum absolute atomic E-state index is 0.234. The lowest BCUT2D eigenvalue weighted by atomic mass is 9.91. The molecular formula is C14H23N3O. The van der Waals surface area contributed by atoms with E-state index in [1.807, 2.05) is 0 Å². The van der Waals surface area contributed by atoms with Crippen molar-refractivity contribution in [2.24, 2.45) is 5.73 Å². The Kier molecular flexibility index (Phi) is 4.42. The normalized spacial score (nSPS) is 18.6. The summed E-state index contributed by atoms with van der Waals surface area (Å²) in [6.07, 6.45) is 9.56. The molecule has 0 bridgehead atoms. The monoisotopic (exact) mass is 249 g/mol. The average molecular weight is 249 g/mol. The fourth-order valence-electron chi connectivity index (χ4n) is 2.65. The number of fused-ring (bicyclic) bond motifs is 1. The molecule has 1 amide bonds. The molecule has 1 atom stereocenters. The van der Waals surface area contributed by atoms with Crippen LogP contribution < -0.4 is 11.1 Å². The maximum atomic E-state index is 10.8. The summed E-state index contributed by atoms with van der Waals surface area (Å²) in [5.74, 6) is -0.234. The van der Waals surface area contributed by atoms with Crippen molar-refractivity contribution in [1.82, 2.24) is 9.88 Å². The molecule has 1 aliphatic carbocycles. The van der Waals surface area contributed by atoms with Gasteiger partial charge in [-0.3, -0.25) is 4.79 Å². The lowest BCUT2D eigenvalue weighted by molar-refractivity contribution is -0.118. The second kappa shape index (κ2) is 6.05. The molecule has 3 N–H and O–H groups in total. The zero-order valence-electron chi connectivity index (χ0n) is 11.1. The van der Waals surface area contributed by atoms with Crippen LogP contribution in [0.4, 0.5) is 0 Å². The molecule has 0 aliphatic heterocycles. The van der Waals surface area contributed by atoms with Gasteiger partial charge >= 0.3 is 0 Å². The van der Waals surface area contributed by atoms with Gasteiger partial charge in [0.1, 0.15) is 0 Å². The van der Waals surface area contributed by atoms with Gasteiger partial charge in [0, 0.05) is 31.4 Å². The quantitative estimate of drug-likeness (QED) is 0.806. The van der Waals surface area contributed by atoms with Crippen molar-refractivity contribution in [3.8, 4) is 0 Å². The van der Waals surface area contributed by atoms with Crippen molar-refractivity contribution in [1.29, 1.82) is 0 Å². The van der Waals surface area contributed by atoms with E-state index in [1.54, 1.807) is 0 Å². The van der Waals surface area contributed by atoms with E-state index in [2.05, 4.69) is 29.2 Å². The van der Waals surface area contributed by atoms with Gasteiger partial charge in [0.2, 0.25) is 5.91 Å². The molecular weight excluding hydrogens is 226 g/mol. The maximum Gasteiger partial charge on any atom is 0.219 e. The first-order valence-corrected chi connectivity index (χ1v) is 6.91. The Morgan fingerprint density at radius 3 is 3.11 bits per heavy atom. The number of primary amides is 1. The van der Waals surface area contributed by atoms with E-state index in [0.29, 0.717) is 19.0 Å². The van der Waals surface area contributed by atoms with Crippen LogP contribution in [0.25, 0.3) is 0 Å². The second-order valence-electron chi connectivity index (χ2n) is 5.09. The van der Waals surface area contributed by atoms with E-state index >= 15 is 0 Å². The van der Waals surface area contributed by atoms with Crippen LogP contribution in [0.5, 0.6) is 0 Å². The fourth-order valence-corrected chi connectivity index (χ4v) is 2.65. The number of nitrogens with one attached hydrogen (secondary N) is 1. The zero-order chi connectivity index (χ0) is 13.0. The molecule has 100 valence electrons. The summed E-state index contributed by atoms with van der Waals surface area (Å²) in [4.78, 5) is 10.8. The minimum atomic E-state index is -0.234. The topological polar surface area (TPSA) is 60.1 Å². The summed E-state index contributed by atoms with van der Waals surface area (Å²) >= 11 is 0. The molecule has 0 saturated heterocycles. The van der Waals surface area contributed by atoms with Gasteiger partial charge in [0.15, 0.2) is 0 Å². The maximum absolute atomic E-state index is 10.8. The first-order chi connectivity index (χ1) is 8.70. The number of nitrogens with two attached hydrogens (primary N) is 1. The summed E-state index contributed by atoms with van der Waals surface area (Å²) in [5.41, 5.74) is 8.04. The zero-order valence-corrected chi connectivity index (χ0v) is 11.1. The number of aryl methyl sites for hydroxylation is 2. The van der Waals surface area contributed by atoms with E-state index in [1.165, 1.54) is 24.0 Å². The van der Waals surface area contributed by atoms with Crippen LogP contribution in [0, 0.1) is 0 Å². The average Bonchev–Trinajstić information content (AvgIpc) is 2.77. The molecule has 0 aromatic carbocycles. The Morgan fingerprint density at radius 2 is 2.39 bits per heavy atom. The largest absolute Gasteiger partial charge is 0.370 e. The predicted octanol–water partition coefficient (Wildman–Crippen LogP) is 1.74. The third-order valence-electron chi connectivity index (χ3n) is 3.57. The van der Waals surface area contributed by atoms with E-state index < -0.39 is 0 Å². The van der Waals surface area contributed by atoms with Crippen molar-refractivity contribution in [3.05, 3.63) is 23.5 Å². The Hall–Kier alpha value is -1.29. The standard InChI is InChI=1S/C14H23N3O/c1-2-7-16-13-5-3-4-11-9-17(10-12(11)13)8-6-14(15)18/h9-10,13,16H,2-8H2,1H3,(H2,15,18). The molecule has 4 nitrogen and oxygen atoms in total. The number of hydrogen-bond donors (Lipinski definition) is 2. The highest BCUT2D eigenvalue weighted by Crippen LogP contribution is 2.30. The molecule has 1 aromatic heterocycles. The first-order valence-electron chi connectivity index (χ1n) is 6.91. The summed E-state index contributed by atoms with van der Waals surface area (Å²) in [6, 6.07) is 0.489. The highest BCUT2D eigenvalue weighted by atomic mass is 16.1. The van der Waals surface area contributed by atoms with Crippen molar-refractivity contribution in [3.63, 3.8) is 0 Å². The third-order valence-corrected chi connectivity index (χ3v) is 3.57. The molecule has 1 heterocycles. The molecule has 0 spiro atoms. The fraction of sp³-hybridized carbons (Fsp3) is 0.643. The van der Waals surface area contributed by atoms with Crippen LogP contribution in [-0.4, -0.2) is 17.0 Å². The van der Waals surface area contributed by atoms with Crippen molar-refractivity contribution in [2.75, 3.05) is 6.54 Å². The SMILES string of the molecule is CCCNC1CCCc2cn(CCC(N)=O)cc21. The minimum Gasteiger partial charge on any atom is -0.370 e. The van der Waals surface area contributed by atoms with E-state index in [9.17, 15) is 4.79 Å². The lowest BCUT2D eigenvalue weighted by Crippen LogP contribution is -2.24. The van der Waals surface area contributed by atoms with Gasteiger partial charge in [-0.05, 0) is 43.4 Å². The molecule has 1 aromatic rings. The van der Waals surface area contributed by atoms with Gasteiger partial charge in [0.05, 0.1) is 0 Å². The van der Waals surface area contributed by atoms with Gasteiger partial charge in [-0.2, -0.15) is 0 Å². The summed E-state index contributed by atoms with van der Waals surface area (Å²) < 4.78 is 2.11. The molecule has 0 saturated carbocycles. The Morgan fingerprint density at radius 1 is 1.56 bits per heavy atom. The van der Waals surface area contributed by atoms with Gasteiger partial charge < -0.3 is 15.6 Å². The Labute approximate surface area is 109 Å². The molecule has 0 radical (unpaired) electrons. The number of hydrogen-bond acceptors (Lipinski definition) is 2. The summed E-state index contributed by atoms with van der Waals surface area (Å²) in [7, 11) is 0. The highest BCUT2D eigenvalue weighted by Gasteiger charge is 2.21. The van der Waals surface area contributed by atoms with Crippen molar-refractivity contribution >= 4 is 5.91 Å². The number of carbonyl (C=O) groups is 1. The molecule has 18 heavy (non-hydrogen) atoms. The van der Waals surface area contributed by atoms with Crippen LogP contribution in [-0.2, 0) is 17.8 Å². The van der Waals surface area contributed by atoms with Crippen molar-refractivity contribution < 1.29 is 4.79 Å². The van der Waals surface area contributed by atoms with Crippen LogP contribution in [0.2, 0.25) is 0 Å². The van der Waals surface area contributed by atoms with Gasteiger partial charge in [-0.25, -0.2) is 0 Å². The highest BCUT2D eigenvalue weighted by molar-refractivity contribution is 5.73. The van der Waals surface area contributed by atoms with Crippen LogP contribution >= 0.6 is 0 Å². The van der Waals surface area contributed by atoms with Crippen LogP contribution in [0.1, 0.15) is 49.8 Å². The lowest BCUT2D eigenvalue weighted by Gasteiger charge is -2.23. The first kappa shape index (κ1) is 13.1. The second-order valence-corrected chi connectivity index (χ2v) is 5.09. The molecule has 2 rings (SSSR count). The van der Waals surface area contributed by atoms with Gasteiger partial charge in [-0.15, -0.1) is 0 Å². The van der Waals surface area contributed by atoms with Gasteiger partial charge in [-0.1, -0.05) is 6.92 Å². The van der Waals surface area contributed by atoms with E-state index in [0.717, 1.165) is 19.4 Å². The third kappa shape index (κ3) is 3.13. The Bertz CT molecular complexity index is 411. The predicted molar refractivity (Wildman–Crippen MR) is 72.2 cm³/mol. The molecule has 1 unspecified atom stereocenters. The van der Waals surface area contributed by atoms with Gasteiger partial charge in [0.25, 0.3) is 0 Å². The molecule has 0 fully saturated rings. The smallest absolute Gasteiger partial charge is 0.219 e. The van der Waals surface area contributed by atoms with Crippen LogP contribution in [0.15, 0.2) is 12.4 Å². The van der Waals surface area contributed by atoms with Crippen LogP contribution in [0.3, 0.4) is 0 Å². The van der Waals surface area contributed by atoms with Crippen molar-refractivity contribution in [2.45, 2.75) is 51.6 Å². The van der Waals surface area contributed by atoms with E-state index in [4.69, 9.17) is 5.73 Å². The Balaban J connectivity index is 2.05. The van der Waals surface area contributed by atoms with E-state index in [-0.39, 0.29) is 5.91 Å².